The lowest BCUT2D eigenvalue weighted by Gasteiger charge is -2.10. The number of hydrogen-bond acceptors (Lipinski definition) is 2. The van der Waals surface area contributed by atoms with Gasteiger partial charge in [0.1, 0.15) is 0 Å². The van der Waals surface area contributed by atoms with E-state index in [1.54, 1.807) is 0 Å². The van der Waals surface area contributed by atoms with Crippen LogP contribution in [0.4, 0.5) is 0 Å². The van der Waals surface area contributed by atoms with Gasteiger partial charge in [-0.2, -0.15) is 0 Å². The lowest BCUT2D eigenvalue weighted by atomic mass is 10.0. The summed E-state index contributed by atoms with van der Waals surface area (Å²) in [5, 5.41) is 0. The van der Waals surface area contributed by atoms with Gasteiger partial charge < -0.3 is 0 Å². The fraction of sp³-hybridized carbons (Fsp3) is 0.0476. The number of benzene rings is 3. The summed E-state index contributed by atoms with van der Waals surface area (Å²) in [6.07, 6.45) is 0.781. The van der Waals surface area contributed by atoms with Gasteiger partial charge in [-0.05, 0) is 17.7 Å². The van der Waals surface area contributed by atoms with Crippen LogP contribution in [0.1, 0.15) is 11.3 Å². The molecule has 0 atom stereocenters. The number of rotatable bonds is 3. The maximum atomic E-state index is 4.88. The highest BCUT2D eigenvalue weighted by molar-refractivity contribution is 5.78. The molecule has 1 aromatic heterocycles. The van der Waals surface area contributed by atoms with Crippen molar-refractivity contribution in [3.8, 4) is 11.3 Å². The summed E-state index contributed by atoms with van der Waals surface area (Å²) in [5.41, 5.74) is 6.21. The van der Waals surface area contributed by atoms with Crippen LogP contribution < -0.4 is 0 Å². The van der Waals surface area contributed by atoms with E-state index in [0.29, 0.717) is 0 Å². The fourth-order valence-electron chi connectivity index (χ4n) is 2.78. The van der Waals surface area contributed by atoms with Crippen LogP contribution in [0.2, 0.25) is 0 Å². The van der Waals surface area contributed by atoms with Gasteiger partial charge in [0.25, 0.3) is 0 Å². The average molecular weight is 296 g/mol. The van der Waals surface area contributed by atoms with E-state index in [9.17, 15) is 0 Å². The van der Waals surface area contributed by atoms with Crippen molar-refractivity contribution in [1.82, 2.24) is 9.97 Å². The van der Waals surface area contributed by atoms with Gasteiger partial charge in [0, 0.05) is 12.0 Å². The molecule has 2 nitrogen and oxygen atoms in total. The van der Waals surface area contributed by atoms with Crippen LogP contribution in [-0.4, -0.2) is 9.97 Å². The smallest absolute Gasteiger partial charge is 0.0928 e. The molecular weight excluding hydrogens is 280 g/mol. The third-order valence-corrected chi connectivity index (χ3v) is 3.90. The lowest BCUT2D eigenvalue weighted by Crippen LogP contribution is -2.00. The zero-order valence-electron chi connectivity index (χ0n) is 12.7. The summed E-state index contributed by atoms with van der Waals surface area (Å²) >= 11 is 0. The summed E-state index contributed by atoms with van der Waals surface area (Å²) in [7, 11) is 0. The van der Waals surface area contributed by atoms with Crippen LogP contribution in [0.25, 0.3) is 22.3 Å². The topological polar surface area (TPSA) is 25.8 Å². The van der Waals surface area contributed by atoms with Crippen LogP contribution in [0.3, 0.4) is 0 Å². The molecule has 4 rings (SSSR count). The minimum Gasteiger partial charge on any atom is -0.249 e. The van der Waals surface area contributed by atoms with Crippen molar-refractivity contribution in [1.29, 1.82) is 0 Å². The van der Waals surface area contributed by atoms with Gasteiger partial charge in [-0.3, -0.25) is 0 Å². The quantitative estimate of drug-likeness (QED) is 0.538. The third kappa shape index (κ3) is 2.84. The first kappa shape index (κ1) is 13.6. The predicted molar refractivity (Wildman–Crippen MR) is 94.2 cm³/mol. The Morgan fingerprint density at radius 3 is 1.83 bits per heavy atom. The van der Waals surface area contributed by atoms with E-state index < -0.39 is 0 Å². The number of hydrogen-bond donors (Lipinski definition) is 0. The maximum Gasteiger partial charge on any atom is 0.0928 e. The van der Waals surface area contributed by atoms with E-state index >= 15 is 0 Å². The van der Waals surface area contributed by atoms with Crippen molar-refractivity contribution in [3.63, 3.8) is 0 Å². The molecule has 0 saturated heterocycles. The molecule has 0 unspecified atom stereocenters. The second-order valence-corrected chi connectivity index (χ2v) is 5.54. The molecule has 0 amide bonds. The highest BCUT2D eigenvalue weighted by Crippen LogP contribution is 2.25. The number of fused-ring (bicyclic) bond motifs is 1. The van der Waals surface area contributed by atoms with Crippen LogP contribution in [0, 0.1) is 0 Å². The van der Waals surface area contributed by atoms with Crippen LogP contribution in [-0.2, 0) is 6.42 Å². The summed E-state index contributed by atoms with van der Waals surface area (Å²) in [6.45, 7) is 0. The third-order valence-electron chi connectivity index (χ3n) is 3.90. The molecule has 0 spiro atoms. The minimum atomic E-state index is 0.781. The summed E-state index contributed by atoms with van der Waals surface area (Å²) in [4.78, 5) is 9.76. The molecule has 0 radical (unpaired) electrons. The molecule has 0 bridgehead atoms. The first-order valence-electron chi connectivity index (χ1n) is 7.75. The van der Waals surface area contributed by atoms with Crippen molar-refractivity contribution in [2.45, 2.75) is 6.42 Å². The summed E-state index contributed by atoms with van der Waals surface area (Å²) in [5.74, 6) is 0. The van der Waals surface area contributed by atoms with Crippen molar-refractivity contribution in [2.24, 2.45) is 0 Å². The number of nitrogens with zero attached hydrogens (tertiary/aromatic N) is 2. The molecule has 0 aliphatic rings. The van der Waals surface area contributed by atoms with Crippen molar-refractivity contribution in [3.05, 3.63) is 96.2 Å². The monoisotopic (exact) mass is 296 g/mol. The minimum absolute atomic E-state index is 0.781. The first-order valence-corrected chi connectivity index (χ1v) is 7.75. The van der Waals surface area contributed by atoms with E-state index in [4.69, 9.17) is 9.97 Å². The Balaban J connectivity index is 1.89. The average Bonchev–Trinajstić information content (AvgIpc) is 2.63. The largest absolute Gasteiger partial charge is 0.249 e. The molecule has 0 fully saturated rings. The molecule has 1 heterocycles. The lowest BCUT2D eigenvalue weighted by molar-refractivity contribution is 1.07. The maximum absolute atomic E-state index is 4.88. The Kier molecular flexibility index (Phi) is 3.57. The Labute approximate surface area is 135 Å². The van der Waals surface area contributed by atoms with E-state index in [-0.39, 0.29) is 0 Å². The summed E-state index contributed by atoms with van der Waals surface area (Å²) < 4.78 is 0. The van der Waals surface area contributed by atoms with Gasteiger partial charge in [-0.15, -0.1) is 0 Å². The SMILES string of the molecule is c1ccc(Cc2nc3ccccc3nc2-c2ccccc2)cc1. The first-order chi connectivity index (χ1) is 11.4. The van der Waals surface area contributed by atoms with E-state index in [0.717, 1.165) is 34.4 Å². The van der Waals surface area contributed by atoms with Gasteiger partial charge in [-0.25, -0.2) is 9.97 Å². The molecule has 0 aliphatic heterocycles. The molecule has 23 heavy (non-hydrogen) atoms. The molecule has 3 aromatic carbocycles. The van der Waals surface area contributed by atoms with Crippen molar-refractivity contribution in [2.75, 3.05) is 0 Å². The Bertz CT molecular complexity index is 931. The zero-order chi connectivity index (χ0) is 15.5. The highest BCUT2D eigenvalue weighted by Gasteiger charge is 2.11. The standard InChI is InChI=1S/C21H16N2/c1-3-9-16(10-4-1)15-20-21(17-11-5-2-6-12-17)23-19-14-8-7-13-18(19)22-20/h1-14H,15H2. The predicted octanol–water partition coefficient (Wildman–Crippen LogP) is 4.89. The summed E-state index contributed by atoms with van der Waals surface area (Å²) in [6, 6.07) is 28.7. The van der Waals surface area contributed by atoms with Crippen LogP contribution >= 0.6 is 0 Å². The Morgan fingerprint density at radius 2 is 1.13 bits per heavy atom. The zero-order valence-corrected chi connectivity index (χ0v) is 12.7. The van der Waals surface area contributed by atoms with E-state index in [1.807, 2.05) is 48.5 Å². The van der Waals surface area contributed by atoms with Gasteiger partial charge in [-0.1, -0.05) is 72.8 Å². The van der Waals surface area contributed by atoms with Crippen LogP contribution in [0.15, 0.2) is 84.9 Å². The van der Waals surface area contributed by atoms with Crippen molar-refractivity contribution >= 4 is 11.0 Å². The van der Waals surface area contributed by atoms with E-state index in [1.165, 1.54) is 5.56 Å². The molecule has 0 saturated carbocycles. The van der Waals surface area contributed by atoms with Gasteiger partial charge >= 0.3 is 0 Å². The fourth-order valence-corrected chi connectivity index (χ4v) is 2.78. The molecule has 110 valence electrons. The number of para-hydroxylation sites is 2. The molecule has 0 aliphatic carbocycles. The van der Waals surface area contributed by atoms with Gasteiger partial charge in [0.15, 0.2) is 0 Å². The normalized spacial score (nSPS) is 10.8. The van der Waals surface area contributed by atoms with Crippen molar-refractivity contribution < 1.29 is 0 Å². The Morgan fingerprint density at radius 1 is 0.565 bits per heavy atom. The second-order valence-electron chi connectivity index (χ2n) is 5.54. The number of aromatic nitrogens is 2. The molecule has 0 N–H and O–H groups in total. The molecule has 4 aromatic rings. The molecule has 2 heteroatoms. The van der Waals surface area contributed by atoms with Crippen LogP contribution in [0.5, 0.6) is 0 Å². The van der Waals surface area contributed by atoms with E-state index in [2.05, 4.69) is 36.4 Å². The van der Waals surface area contributed by atoms with Gasteiger partial charge in [0.05, 0.1) is 22.4 Å². The highest BCUT2D eigenvalue weighted by atomic mass is 14.8. The Hall–Kier alpha value is -3.00. The second kappa shape index (κ2) is 6.01. The molecular formula is C21H16N2. The van der Waals surface area contributed by atoms with Gasteiger partial charge in [0.2, 0.25) is 0 Å².